The number of carbonyl (C=O) groups is 4. The van der Waals surface area contributed by atoms with Gasteiger partial charge >= 0.3 is 35.6 Å². The van der Waals surface area contributed by atoms with Crippen molar-refractivity contribution in [1.82, 2.24) is 40.4 Å². The first kappa shape index (κ1) is 35.4. The molecule has 5 rings (SSSR count). The molecule has 5 heterocycles. The Labute approximate surface area is 295 Å². The molecule has 0 saturated carbocycles. The van der Waals surface area contributed by atoms with Crippen LogP contribution in [0.25, 0.3) is 0 Å². The molecule has 0 radical (unpaired) electrons. The van der Waals surface area contributed by atoms with Gasteiger partial charge < -0.3 is 36.5 Å². The van der Waals surface area contributed by atoms with E-state index in [-0.39, 0.29) is 65.0 Å². The van der Waals surface area contributed by atoms with Crippen LogP contribution in [-0.4, -0.2) is 105 Å². The van der Waals surface area contributed by atoms with E-state index in [0.29, 0.717) is 28.6 Å². The van der Waals surface area contributed by atoms with E-state index in [0.717, 1.165) is 27.3 Å². The Balaban J connectivity index is 0.00000480. The number of carbonyl (C=O) groups excluding carboxylic acids is 4. The number of β-lactam (4-membered cyclic amide) rings is 1. The van der Waals surface area contributed by atoms with Gasteiger partial charge in [-0.25, -0.2) is 14.5 Å². The van der Waals surface area contributed by atoms with Gasteiger partial charge in [-0.05, 0) is 33.9 Å². The number of thioether (sulfide) groups is 2. The van der Waals surface area contributed by atoms with Crippen LogP contribution in [0.1, 0.15) is 17.3 Å². The first-order chi connectivity index (χ1) is 21.6. The number of aliphatic hydroxyl groups is 1. The van der Waals surface area contributed by atoms with Gasteiger partial charge in [0.05, 0.1) is 17.9 Å². The molecule has 1 fully saturated rings. The standard InChI is InChI=1S/C24H27N11O7S3.Na/c1-33-24(30-31-32-33)45-10-11-9-44-20-14(19(39)35(20)15(11)21(40)41)28-18(38)16(13-4-2-7-43-13)34(22(25)42)12-8-27-23(29-17(12)37)26-5-3-6-36;/h2,4,7-8,14,16,20,36H,3,5-6,9-10H2,1H3,(H2,25,42)(H,28,38)(H,40,41)(H2,26,27,29,37);/q;+1/p-1/t14?,16?,20-;/m0./s1. The summed E-state index contributed by atoms with van der Waals surface area (Å²) < 4.78 is 1.43. The van der Waals surface area contributed by atoms with Crippen LogP contribution in [0.3, 0.4) is 0 Å². The number of aliphatic carboxylic acids is 1. The summed E-state index contributed by atoms with van der Waals surface area (Å²) in [5.41, 5.74) is 5.59. The molecule has 3 atom stereocenters. The molecule has 2 aliphatic rings. The van der Waals surface area contributed by atoms with Gasteiger partial charge in [-0.3, -0.25) is 19.4 Å². The number of hydrogen-bond donors (Lipinski definition) is 5. The van der Waals surface area contributed by atoms with Crippen molar-refractivity contribution in [2.75, 3.05) is 34.9 Å². The second-order valence-corrected chi connectivity index (χ2v) is 12.6. The predicted molar refractivity (Wildman–Crippen MR) is 160 cm³/mol. The predicted octanol–water partition coefficient (Wildman–Crippen LogP) is -4.61. The molecule has 3 aromatic heterocycles. The zero-order chi connectivity index (χ0) is 32.2. The summed E-state index contributed by atoms with van der Waals surface area (Å²) in [6, 6.07) is -0.465. The molecule has 3 aromatic rings. The molecule has 0 spiro atoms. The van der Waals surface area contributed by atoms with E-state index < -0.39 is 47.2 Å². The molecule has 0 bridgehead atoms. The summed E-state index contributed by atoms with van der Waals surface area (Å²) in [7, 11) is 1.64. The maximum Gasteiger partial charge on any atom is 1.00 e. The van der Waals surface area contributed by atoms with E-state index >= 15 is 0 Å². The molecular formula is C24H26N11NaO7S3. The molecule has 6 N–H and O–H groups in total. The van der Waals surface area contributed by atoms with Gasteiger partial charge in [0.25, 0.3) is 5.91 Å². The number of urea groups is 1. The monoisotopic (exact) mass is 699 g/mol. The number of amides is 4. The molecule has 238 valence electrons. The zero-order valence-electron chi connectivity index (χ0n) is 24.4. The first-order valence-electron chi connectivity index (χ1n) is 13.2. The fourth-order valence-corrected chi connectivity index (χ4v) is 7.76. The van der Waals surface area contributed by atoms with Crippen LogP contribution in [0, 0.1) is 0 Å². The van der Waals surface area contributed by atoms with Gasteiger partial charge in [0, 0.05) is 36.6 Å². The molecule has 0 aliphatic carbocycles. The fourth-order valence-electron chi connectivity index (χ4n) is 4.62. The Morgan fingerprint density at radius 3 is 2.74 bits per heavy atom. The Kier molecular flexibility index (Phi) is 11.9. The van der Waals surface area contributed by atoms with Crippen LogP contribution >= 0.6 is 34.9 Å². The molecular weight excluding hydrogens is 674 g/mol. The summed E-state index contributed by atoms with van der Waals surface area (Å²) in [4.78, 5) is 62.3. The number of aromatic hydroxyl groups is 1. The number of nitrogens with zero attached hydrogens (tertiary/aromatic N) is 8. The minimum absolute atomic E-state index is 0. The summed E-state index contributed by atoms with van der Waals surface area (Å²) in [5.74, 6) is -3.24. The average Bonchev–Trinajstić information content (AvgIpc) is 3.69. The van der Waals surface area contributed by atoms with E-state index in [2.05, 4.69) is 36.1 Å². The van der Waals surface area contributed by atoms with E-state index in [1.165, 1.54) is 28.2 Å². The molecule has 22 heteroatoms. The van der Waals surface area contributed by atoms with Crippen molar-refractivity contribution in [2.24, 2.45) is 12.8 Å². The van der Waals surface area contributed by atoms with Crippen LogP contribution in [0.2, 0.25) is 0 Å². The maximum atomic E-state index is 13.8. The third-order valence-electron chi connectivity index (χ3n) is 6.68. The number of thiophene rings is 1. The number of tetrazole rings is 1. The number of anilines is 2. The average molecular weight is 700 g/mol. The van der Waals surface area contributed by atoms with Gasteiger partial charge in [-0.15, -0.1) is 28.2 Å². The summed E-state index contributed by atoms with van der Waals surface area (Å²) >= 11 is 3.58. The summed E-state index contributed by atoms with van der Waals surface area (Å²) in [5, 5.41) is 49.8. The number of fused-ring (bicyclic) bond motifs is 1. The van der Waals surface area contributed by atoms with Gasteiger partial charge in [0.2, 0.25) is 22.9 Å². The van der Waals surface area contributed by atoms with E-state index in [9.17, 15) is 29.4 Å². The molecule has 1 saturated heterocycles. The van der Waals surface area contributed by atoms with Crippen LogP contribution in [-0.2, 0) is 21.4 Å². The number of aromatic nitrogens is 6. The van der Waals surface area contributed by atoms with Crippen LogP contribution < -0.4 is 55.9 Å². The third kappa shape index (κ3) is 7.24. The van der Waals surface area contributed by atoms with Crippen molar-refractivity contribution >= 4 is 70.3 Å². The number of rotatable bonds is 13. The van der Waals surface area contributed by atoms with Gasteiger partial charge in [-0.2, -0.15) is 4.98 Å². The van der Waals surface area contributed by atoms with E-state index in [4.69, 9.17) is 10.8 Å². The maximum absolute atomic E-state index is 13.8. The van der Waals surface area contributed by atoms with Gasteiger partial charge in [0.15, 0.2) is 6.04 Å². The molecule has 0 aromatic carbocycles. The zero-order valence-corrected chi connectivity index (χ0v) is 28.8. The minimum atomic E-state index is -1.54. The van der Waals surface area contributed by atoms with Crippen molar-refractivity contribution in [2.45, 2.75) is 29.0 Å². The smallest absolute Gasteiger partial charge is 0.543 e. The van der Waals surface area contributed by atoms with Crippen molar-refractivity contribution in [1.29, 1.82) is 0 Å². The number of primary amides is 1. The van der Waals surface area contributed by atoms with Crippen molar-refractivity contribution in [3.63, 3.8) is 0 Å². The Bertz CT molecular complexity index is 1640. The van der Waals surface area contributed by atoms with E-state index in [1.54, 1.807) is 24.6 Å². The van der Waals surface area contributed by atoms with Crippen molar-refractivity contribution in [3.05, 3.63) is 39.9 Å². The topological polar surface area (TPSA) is 258 Å². The van der Waals surface area contributed by atoms with Gasteiger partial charge in [0.1, 0.15) is 17.1 Å². The number of aryl methyl sites for hydroxylation is 1. The fraction of sp³-hybridized carbons (Fsp3) is 0.375. The largest absolute Gasteiger partial charge is 1.00 e. The molecule has 18 nitrogen and oxygen atoms in total. The Hall–Kier alpha value is -3.47. The SMILES string of the molecule is Cn1nnnc1SCC1=C(C(=O)[O-])N2C(=O)C(NC(=O)C(c3cccs3)N(C(N)=O)c3cnc(NCCCO)nc3O)[C@@H]2SC1.[Na+]. The number of carboxylic acid groups (broad SMARTS) is 1. The number of carboxylic acids is 1. The van der Waals surface area contributed by atoms with E-state index in [1.807, 2.05) is 0 Å². The first-order valence-corrected chi connectivity index (χ1v) is 16.1. The quantitative estimate of drug-likeness (QED) is 0.0487. The second-order valence-electron chi connectivity index (χ2n) is 9.54. The van der Waals surface area contributed by atoms with Crippen LogP contribution in [0.4, 0.5) is 16.4 Å². The van der Waals surface area contributed by atoms with Crippen LogP contribution in [0.5, 0.6) is 5.88 Å². The molecule has 46 heavy (non-hydrogen) atoms. The molecule has 2 unspecified atom stereocenters. The number of nitrogens with two attached hydrogens (primary N) is 1. The molecule has 4 amide bonds. The van der Waals surface area contributed by atoms with Crippen LogP contribution in [0.15, 0.2) is 40.1 Å². The second kappa shape index (κ2) is 15.4. The van der Waals surface area contributed by atoms with Crippen molar-refractivity contribution < 1.29 is 64.1 Å². The summed E-state index contributed by atoms with van der Waals surface area (Å²) in [6.07, 6.45) is 1.51. The van der Waals surface area contributed by atoms with Gasteiger partial charge in [-0.1, -0.05) is 17.8 Å². The Morgan fingerprint density at radius 1 is 1.35 bits per heavy atom. The third-order valence-corrected chi connectivity index (χ3v) is 10.0. The normalized spacial score (nSPS) is 17.8. The number of aliphatic hydroxyl groups excluding tert-OH is 1. The summed E-state index contributed by atoms with van der Waals surface area (Å²) in [6.45, 7) is 0.242. The molecule has 2 aliphatic heterocycles. The number of nitrogens with one attached hydrogen (secondary N) is 2. The Morgan fingerprint density at radius 2 is 2.13 bits per heavy atom. The number of hydrogen-bond acceptors (Lipinski definition) is 16. The van der Waals surface area contributed by atoms with Crippen molar-refractivity contribution in [3.8, 4) is 5.88 Å². The minimum Gasteiger partial charge on any atom is -0.543 e.